The molecule has 2 heterocycles. The fourth-order valence-electron chi connectivity index (χ4n) is 2.91. The third-order valence-electron chi connectivity index (χ3n) is 4.37. The number of thioether (sulfide) groups is 2. The van der Waals surface area contributed by atoms with Crippen LogP contribution in [0.25, 0.3) is 16.6 Å². The zero-order valence-corrected chi connectivity index (χ0v) is 17.9. The minimum absolute atomic E-state index is 0.107. The van der Waals surface area contributed by atoms with Gasteiger partial charge in [-0.1, -0.05) is 23.9 Å². The second-order valence-corrected chi connectivity index (χ2v) is 8.79. The molecular formula is C22H18FN3O3S2. The van der Waals surface area contributed by atoms with Gasteiger partial charge in [0.15, 0.2) is 5.16 Å². The van der Waals surface area contributed by atoms with E-state index in [-0.39, 0.29) is 23.0 Å². The Morgan fingerprint density at radius 1 is 1.10 bits per heavy atom. The zero-order chi connectivity index (χ0) is 21.6. The van der Waals surface area contributed by atoms with Crippen molar-refractivity contribution >= 4 is 40.3 Å². The fourth-order valence-corrected chi connectivity index (χ4v) is 4.76. The molecule has 4 aromatic rings. The highest BCUT2D eigenvalue weighted by atomic mass is 32.2. The molecule has 0 atom stereocenters. The number of hydrogen-bond acceptors (Lipinski definition) is 6. The van der Waals surface area contributed by atoms with E-state index in [1.165, 1.54) is 40.2 Å². The molecule has 2 aromatic carbocycles. The van der Waals surface area contributed by atoms with Crippen molar-refractivity contribution in [1.29, 1.82) is 0 Å². The lowest BCUT2D eigenvalue weighted by atomic mass is 10.2. The molecule has 0 radical (unpaired) electrons. The van der Waals surface area contributed by atoms with Gasteiger partial charge in [0.2, 0.25) is 5.91 Å². The largest absolute Gasteiger partial charge is 0.467 e. The molecule has 1 amide bonds. The fraction of sp³-hybridized carbons (Fsp3) is 0.136. The summed E-state index contributed by atoms with van der Waals surface area (Å²) in [7, 11) is 0. The summed E-state index contributed by atoms with van der Waals surface area (Å²) in [4.78, 5) is 29.7. The molecule has 6 nitrogen and oxygen atoms in total. The predicted molar refractivity (Wildman–Crippen MR) is 121 cm³/mol. The third-order valence-corrected chi connectivity index (χ3v) is 6.51. The third kappa shape index (κ3) is 5.18. The topological polar surface area (TPSA) is 77.1 Å². The van der Waals surface area contributed by atoms with Crippen LogP contribution < -0.4 is 10.9 Å². The number of furan rings is 1. The van der Waals surface area contributed by atoms with Crippen molar-refractivity contribution in [2.45, 2.75) is 11.7 Å². The van der Waals surface area contributed by atoms with Crippen LogP contribution >= 0.6 is 23.5 Å². The Kier molecular flexibility index (Phi) is 6.73. The highest BCUT2D eigenvalue weighted by molar-refractivity contribution is 8.16. The van der Waals surface area contributed by atoms with Gasteiger partial charge in [-0.05, 0) is 48.5 Å². The van der Waals surface area contributed by atoms with Crippen LogP contribution in [0, 0.1) is 5.82 Å². The summed E-state index contributed by atoms with van der Waals surface area (Å²) < 4.78 is 20.0. The molecule has 0 aliphatic rings. The van der Waals surface area contributed by atoms with Crippen LogP contribution in [0.15, 0.2) is 81.3 Å². The second kappa shape index (κ2) is 9.84. The van der Waals surface area contributed by atoms with Crippen molar-refractivity contribution < 1.29 is 13.6 Å². The number of rotatable bonds is 8. The average Bonchev–Trinajstić information content (AvgIpc) is 3.30. The molecule has 0 spiro atoms. The number of halogens is 1. The van der Waals surface area contributed by atoms with Crippen molar-refractivity contribution in [3.8, 4) is 5.69 Å². The molecule has 0 bridgehead atoms. The Labute approximate surface area is 185 Å². The molecule has 1 N–H and O–H groups in total. The number of amides is 1. The predicted octanol–water partition coefficient (Wildman–Crippen LogP) is 4.22. The summed E-state index contributed by atoms with van der Waals surface area (Å²) in [6.07, 6.45) is 1.56. The number of aromatic nitrogens is 2. The first kappa shape index (κ1) is 21.2. The summed E-state index contributed by atoms with van der Waals surface area (Å²) in [6, 6.07) is 16.4. The van der Waals surface area contributed by atoms with Gasteiger partial charge in [0.25, 0.3) is 5.56 Å². The number of carbonyl (C=O) groups is 1. The van der Waals surface area contributed by atoms with Gasteiger partial charge in [-0.2, -0.15) is 0 Å². The van der Waals surface area contributed by atoms with E-state index in [1.807, 2.05) is 6.07 Å². The summed E-state index contributed by atoms with van der Waals surface area (Å²) in [5, 5.41) is 4.28. The molecule has 4 rings (SSSR count). The van der Waals surface area contributed by atoms with Gasteiger partial charge in [-0.15, -0.1) is 11.8 Å². The molecule has 2 aromatic heterocycles. The van der Waals surface area contributed by atoms with Crippen LogP contribution in [-0.4, -0.2) is 26.3 Å². The van der Waals surface area contributed by atoms with E-state index in [0.29, 0.717) is 39.1 Å². The van der Waals surface area contributed by atoms with E-state index >= 15 is 0 Å². The van der Waals surface area contributed by atoms with E-state index in [2.05, 4.69) is 10.3 Å². The van der Waals surface area contributed by atoms with Gasteiger partial charge in [-0.3, -0.25) is 14.2 Å². The summed E-state index contributed by atoms with van der Waals surface area (Å²) in [6.45, 7) is 0.343. The molecule has 31 heavy (non-hydrogen) atoms. The van der Waals surface area contributed by atoms with E-state index in [9.17, 15) is 14.0 Å². The van der Waals surface area contributed by atoms with Gasteiger partial charge in [0, 0.05) is 5.08 Å². The number of para-hydroxylation sites is 1. The first-order chi connectivity index (χ1) is 15.1. The van der Waals surface area contributed by atoms with Gasteiger partial charge in [0.1, 0.15) is 11.6 Å². The summed E-state index contributed by atoms with van der Waals surface area (Å²) >= 11 is 2.77. The van der Waals surface area contributed by atoms with Gasteiger partial charge in [-0.25, -0.2) is 9.37 Å². The summed E-state index contributed by atoms with van der Waals surface area (Å²) in [5.74, 6) is 0.471. The number of fused-ring (bicyclic) bond motifs is 1. The average molecular weight is 456 g/mol. The number of carbonyl (C=O) groups excluding carboxylic acids is 1. The Balaban J connectivity index is 1.47. The van der Waals surface area contributed by atoms with Gasteiger partial charge >= 0.3 is 0 Å². The Hall–Kier alpha value is -3.04. The lowest BCUT2D eigenvalue weighted by Gasteiger charge is -2.13. The minimum atomic E-state index is -0.379. The van der Waals surface area contributed by atoms with Crippen LogP contribution in [0.1, 0.15) is 5.76 Å². The Bertz CT molecular complexity index is 1240. The van der Waals surface area contributed by atoms with Crippen LogP contribution in [0.4, 0.5) is 4.39 Å². The molecule has 0 fully saturated rings. The van der Waals surface area contributed by atoms with E-state index in [0.717, 1.165) is 0 Å². The normalized spacial score (nSPS) is 11.0. The first-order valence-electron chi connectivity index (χ1n) is 9.39. The smallest absolute Gasteiger partial charge is 0.266 e. The van der Waals surface area contributed by atoms with E-state index < -0.39 is 0 Å². The lowest BCUT2D eigenvalue weighted by molar-refractivity contribution is -0.118. The molecular weight excluding hydrogens is 437 g/mol. The number of hydrogen-bond donors (Lipinski definition) is 1. The van der Waals surface area contributed by atoms with Crippen molar-refractivity contribution in [2.75, 3.05) is 10.8 Å². The number of nitrogens with zero attached hydrogens (tertiary/aromatic N) is 2. The van der Waals surface area contributed by atoms with Crippen molar-refractivity contribution in [2.24, 2.45) is 0 Å². The molecule has 0 saturated carbocycles. The summed E-state index contributed by atoms with van der Waals surface area (Å²) in [5.41, 5.74) is 0.906. The minimum Gasteiger partial charge on any atom is -0.467 e. The van der Waals surface area contributed by atoms with Crippen LogP contribution in [0.5, 0.6) is 0 Å². The second-order valence-electron chi connectivity index (χ2n) is 6.50. The van der Waals surface area contributed by atoms with Gasteiger partial charge < -0.3 is 9.73 Å². The molecule has 9 heteroatoms. The van der Waals surface area contributed by atoms with E-state index in [1.54, 1.807) is 48.7 Å². The standard InChI is InChI=1S/C22H18FN3O3S2/c23-15-7-9-16(10-8-15)26-21(28)18-5-1-2-6-19(18)25-22(26)31-14-30-13-20(27)24-12-17-4-3-11-29-17/h1-11H,12-14H2,(H,24,27). The maximum absolute atomic E-state index is 13.4. The maximum Gasteiger partial charge on any atom is 0.266 e. The SMILES string of the molecule is O=C(CSCSc1nc2ccccc2c(=O)n1-c1ccc(F)cc1)NCc1ccco1. The van der Waals surface area contributed by atoms with Crippen molar-refractivity contribution in [3.05, 3.63) is 88.9 Å². The van der Waals surface area contributed by atoms with Crippen LogP contribution in [0.2, 0.25) is 0 Å². The highest BCUT2D eigenvalue weighted by Gasteiger charge is 2.14. The van der Waals surface area contributed by atoms with Gasteiger partial charge in [0.05, 0.1) is 35.2 Å². The number of nitrogens with one attached hydrogen (secondary N) is 1. The van der Waals surface area contributed by atoms with Crippen molar-refractivity contribution in [1.82, 2.24) is 14.9 Å². The molecule has 0 aliphatic heterocycles. The number of benzene rings is 2. The van der Waals surface area contributed by atoms with E-state index in [4.69, 9.17) is 4.42 Å². The Morgan fingerprint density at radius 3 is 2.68 bits per heavy atom. The molecule has 0 unspecified atom stereocenters. The maximum atomic E-state index is 13.4. The first-order valence-corrected chi connectivity index (χ1v) is 11.5. The quantitative estimate of drug-likeness (QED) is 0.186. The molecule has 0 saturated heterocycles. The van der Waals surface area contributed by atoms with Crippen LogP contribution in [0.3, 0.4) is 0 Å². The highest BCUT2D eigenvalue weighted by Crippen LogP contribution is 2.24. The molecule has 158 valence electrons. The monoisotopic (exact) mass is 455 g/mol. The molecule has 0 aliphatic carbocycles. The van der Waals surface area contributed by atoms with Crippen molar-refractivity contribution in [3.63, 3.8) is 0 Å². The zero-order valence-electron chi connectivity index (χ0n) is 16.3. The Morgan fingerprint density at radius 2 is 1.90 bits per heavy atom. The lowest BCUT2D eigenvalue weighted by Crippen LogP contribution is -2.24. The van der Waals surface area contributed by atoms with Crippen LogP contribution in [-0.2, 0) is 11.3 Å².